The highest BCUT2D eigenvalue weighted by molar-refractivity contribution is 7.10. The Hall–Kier alpha value is -6.16. The van der Waals surface area contributed by atoms with E-state index in [1.54, 1.807) is 0 Å². The van der Waals surface area contributed by atoms with Gasteiger partial charge in [-0.2, -0.15) is 0 Å². The summed E-state index contributed by atoms with van der Waals surface area (Å²) in [7, 11) is 0. The average molecular weight is 725 g/mol. The van der Waals surface area contributed by atoms with Crippen LogP contribution in [0.2, 0.25) is 0 Å². The maximum absolute atomic E-state index is 2.50. The molecule has 55 heavy (non-hydrogen) atoms. The summed E-state index contributed by atoms with van der Waals surface area (Å²) in [6, 6.07) is 60.9. The first-order chi connectivity index (χ1) is 26.8. The number of rotatable bonds is 5. The minimum Gasteiger partial charge on any atom is -0.310 e. The number of para-hydroxylation sites is 1. The van der Waals surface area contributed by atoms with E-state index in [1.165, 1.54) is 82.4 Å². The summed E-state index contributed by atoms with van der Waals surface area (Å²) >= 11 is 1.87. The van der Waals surface area contributed by atoms with E-state index in [0.29, 0.717) is 0 Å². The molecular formula is C52H40N2S. The molecule has 264 valence electrons. The van der Waals surface area contributed by atoms with Crippen LogP contribution in [-0.4, -0.2) is 4.57 Å². The Bertz CT molecular complexity index is 2960. The number of hydrogen-bond acceptors (Lipinski definition) is 2. The zero-order valence-electron chi connectivity index (χ0n) is 31.5. The van der Waals surface area contributed by atoms with Crippen molar-refractivity contribution in [2.45, 2.75) is 38.5 Å². The maximum atomic E-state index is 2.50. The molecule has 11 rings (SSSR count). The van der Waals surface area contributed by atoms with Crippen LogP contribution >= 0.6 is 11.3 Å². The largest absolute Gasteiger partial charge is 0.310 e. The molecule has 0 saturated carbocycles. The van der Waals surface area contributed by atoms with E-state index >= 15 is 0 Å². The number of thiophene rings is 1. The highest BCUT2D eigenvalue weighted by Gasteiger charge is 2.37. The number of aromatic nitrogens is 1. The van der Waals surface area contributed by atoms with Crippen LogP contribution in [0.1, 0.15) is 49.3 Å². The van der Waals surface area contributed by atoms with Gasteiger partial charge in [-0.05, 0) is 110 Å². The molecule has 7 aromatic carbocycles. The lowest BCUT2D eigenvalue weighted by Gasteiger charge is -2.32. The highest BCUT2D eigenvalue weighted by atomic mass is 32.1. The fourth-order valence-electron chi connectivity index (χ4n) is 9.59. The van der Waals surface area contributed by atoms with Crippen molar-refractivity contribution < 1.29 is 0 Å². The molecule has 0 radical (unpaired) electrons. The van der Waals surface area contributed by atoms with Crippen LogP contribution in [0.5, 0.6) is 0 Å². The summed E-state index contributed by atoms with van der Waals surface area (Å²) in [5, 5.41) is 4.87. The fourth-order valence-corrected chi connectivity index (χ4v) is 10.6. The monoisotopic (exact) mass is 724 g/mol. The van der Waals surface area contributed by atoms with Crippen molar-refractivity contribution in [2.75, 3.05) is 4.90 Å². The molecule has 0 amide bonds. The van der Waals surface area contributed by atoms with Crippen LogP contribution < -0.4 is 4.90 Å². The van der Waals surface area contributed by atoms with E-state index in [2.05, 4.69) is 206 Å². The van der Waals surface area contributed by atoms with Crippen LogP contribution in [0.3, 0.4) is 0 Å². The zero-order valence-corrected chi connectivity index (χ0v) is 32.3. The molecule has 9 aromatic rings. The first-order valence-electron chi connectivity index (χ1n) is 19.3. The molecule has 1 aliphatic carbocycles. The molecule has 1 aliphatic heterocycles. The average Bonchev–Trinajstić information content (AvgIpc) is 3.91. The number of anilines is 3. The Balaban J connectivity index is 1.02. The van der Waals surface area contributed by atoms with Crippen molar-refractivity contribution in [3.8, 4) is 39.1 Å². The Morgan fingerprint density at radius 1 is 0.455 bits per heavy atom. The second-order valence-corrected chi connectivity index (χ2v) is 17.1. The van der Waals surface area contributed by atoms with Gasteiger partial charge in [-0.25, -0.2) is 0 Å². The molecule has 0 fully saturated rings. The predicted molar refractivity (Wildman–Crippen MR) is 234 cm³/mol. The van der Waals surface area contributed by atoms with Crippen LogP contribution in [0, 0.1) is 0 Å². The second kappa shape index (κ2) is 11.7. The van der Waals surface area contributed by atoms with Gasteiger partial charge in [0, 0.05) is 43.5 Å². The molecule has 0 atom stereocenters. The minimum absolute atomic E-state index is 0.0294. The third-order valence-electron chi connectivity index (χ3n) is 12.4. The first kappa shape index (κ1) is 32.3. The lowest BCUT2D eigenvalue weighted by molar-refractivity contribution is 0.646. The van der Waals surface area contributed by atoms with Gasteiger partial charge in [0.1, 0.15) is 0 Å². The SMILES string of the molecule is CC1(C)c2ccccc2-c2ccc(N(c3ccc(-c4ccccc4)cc3)c3ccc(-c4ccc5c(c4)c4cccc6c4n5-c4ccsc4C6(C)C)cc3)cc21. The van der Waals surface area contributed by atoms with Gasteiger partial charge in [0.05, 0.1) is 16.7 Å². The lowest BCUT2D eigenvalue weighted by Crippen LogP contribution is -2.24. The Morgan fingerprint density at radius 2 is 1.07 bits per heavy atom. The highest BCUT2D eigenvalue weighted by Crippen LogP contribution is 2.52. The topological polar surface area (TPSA) is 8.17 Å². The van der Waals surface area contributed by atoms with Crippen molar-refractivity contribution in [1.82, 2.24) is 4.57 Å². The van der Waals surface area contributed by atoms with Gasteiger partial charge in [0.15, 0.2) is 0 Å². The van der Waals surface area contributed by atoms with Gasteiger partial charge in [-0.1, -0.05) is 137 Å². The van der Waals surface area contributed by atoms with E-state index in [4.69, 9.17) is 0 Å². The van der Waals surface area contributed by atoms with Gasteiger partial charge in [-0.3, -0.25) is 0 Å². The Kier molecular flexibility index (Phi) is 6.85. The number of hydrogen-bond donors (Lipinski definition) is 0. The fraction of sp³-hybridized carbons (Fsp3) is 0.115. The van der Waals surface area contributed by atoms with Gasteiger partial charge in [0.2, 0.25) is 0 Å². The molecule has 0 bridgehead atoms. The third-order valence-corrected chi connectivity index (χ3v) is 13.7. The third kappa shape index (κ3) is 4.66. The van der Waals surface area contributed by atoms with E-state index < -0.39 is 0 Å². The van der Waals surface area contributed by atoms with Gasteiger partial charge < -0.3 is 9.47 Å². The van der Waals surface area contributed by atoms with Crippen LogP contribution in [0.15, 0.2) is 169 Å². The molecule has 3 heterocycles. The van der Waals surface area contributed by atoms with Crippen molar-refractivity contribution in [2.24, 2.45) is 0 Å². The van der Waals surface area contributed by atoms with E-state index in [0.717, 1.165) is 17.1 Å². The summed E-state index contributed by atoms with van der Waals surface area (Å²) in [5.74, 6) is 0. The standard InChI is InChI=1S/C52H40N2S/c1-51(2)44-15-9-8-13-40(44)41-27-26-39(32-46(41)51)53(37-22-17-34(18-23-37)33-11-6-5-7-12-33)38-24-19-35(20-25-38)36-21-28-47-43(31-36)42-14-10-16-45-49(42)54(47)48-29-30-55-50(48)52(45,3)4/h5-32H,1-4H3. The summed E-state index contributed by atoms with van der Waals surface area (Å²) < 4.78 is 2.50. The molecule has 0 N–H and O–H groups in total. The number of nitrogens with zero attached hydrogens (tertiary/aromatic N) is 2. The zero-order chi connectivity index (χ0) is 37.1. The molecule has 2 nitrogen and oxygen atoms in total. The maximum Gasteiger partial charge on any atom is 0.0610 e. The molecule has 2 aromatic heterocycles. The van der Waals surface area contributed by atoms with E-state index in [1.807, 2.05) is 11.3 Å². The van der Waals surface area contributed by atoms with E-state index in [9.17, 15) is 0 Å². The van der Waals surface area contributed by atoms with Crippen LogP contribution in [0.25, 0.3) is 60.9 Å². The van der Waals surface area contributed by atoms with Gasteiger partial charge in [-0.15, -0.1) is 11.3 Å². The normalized spacial score (nSPS) is 14.5. The number of fused-ring (bicyclic) bond motifs is 8. The Labute approximate surface area is 326 Å². The quantitative estimate of drug-likeness (QED) is 0.172. The molecule has 0 spiro atoms. The molecule has 2 aliphatic rings. The lowest BCUT2D eigenvalue weighted by atomic mass is 9.79. The van der Waals surface area contributed by atoms with Crippen LogP contribution in [-0.2, 0) is 10.8 Å². The summed E-state index contributed by atoms with van der Waals surface area (Å²) in [6.07, 6.45) is 0. The van der Waals surface area contributed by atoms with Crippen molar-refractivity contribution in [3.63, 3.8) is 0 Å². The Morgan fingerprint density at radius 3 is 1.84 bits per heavy atom. The molecule has 3 heteroatoms. The summed E-state index contributed by atoms with van der Waals surface area (Å²) in [5.41, 5.74) is 18.9. The second-order valence-electron chi connectivity index (χ2n) is 16.2. The molecule has 0 unspecified atom stereocenters. The summed E-state index contributed by atoms with van der Waals surface area (Å²) in [4.78, 5) is 3.84. The van der Waals surface area contributed by atoms with Crippen LogP contribution in [0.4, 0.5) is 17.1 Å². The predicted octanol–water partition coefficient (Wildman–Crippen LogP) is 14.6. The van der Waals surface area contributed by atoms with E-state index in [-0.39, 0.29) is 10.8 Å². The molecule has 0 saturated heterocycles. The van der Waals surface area contributed by atoms with Crippen molar-refractivity contribution in [3.05, 3.63) is 191 Å². The van der Waals surface area contributed by atoms with Crippen molar-refractivity contribution in [1.29, 1.82) is 0 Å². The number of benzene rings is 7. The summed E-state index contributed by atoms with van der Waals surface area (Å²) in [6.45, 7) is 9.45. The first-order valence-corrected chi connectivity index (χ1v) is 20.1. The van der Waals surface area contributed by atoms with Gasteiger partial charge >= 0.3 is 0 Å². The smallest absolute Gasteiger partial charge is 0.0610 e. The van der Waals surface area contributed by atoms with Crippen molar-refractivity contribution >= 4 is 50.2 Å². The molecular weight excluding hydrogens is 685 g/mol. The minimum atomic E-state index is -0.0859. The van der Waals surface area contributed by atoms with Gasteiger partial charge in [0.25, 0.3) is 0 Å².